The van der Waals surface area contributed by atoms with Gasteiger partial charge in [-0.3, -0.25) is 4.79 Å². The molecular formula is C18H24N2O. The number of aromatic nitrogens is 2. The number of hydrogen-bond acceptors (Lipinski definition) is 2. The molecule has 1 heterocycles. The van der Waals surface area contributed by atoms with Gasteiger partial charge >= 0.3 is 0 Å². The molecule has 0 N–H and O–H groups in total. The highest BCUT2D eigenvalue weighted by atomic mass is 16.1. The van der Waals surface area contributed by atoms with Gasteiger partial charge in [0.2, 0.25) is 0 Å². The van der Waals surface area contributed by atoms with E-state index in [-0.39, 0.29) is 0 Å². The molecule has 2 aromatic rings. The van der Waals surface area contributed by atoms with Crippen molar-refractivity contribution in [2.45, 2.75) is 52.0 Å². The van der Waals surface area contributed by atoms with E-state index in [1.54, 1.807) is 0 Å². The smallest absolute Gasteiger partial charge is 0.137 e. The van der Waals surface area contributed by atoms with Crippen LogP contribution in [-0.4, -0.2) is 15.3 Å². The molecule has 3 nitrogen and oxygen atoms in total. The number of carbonyl (C=O) groups excluding carboxylic acids is 1. The molecule has 2 rings (SSSR count). The van der Waals surface area contributed by atoms with Gasteiger partial charge in [0, 0.05) is 25.2 Å². The van der Waals surface area contributed by atoms with Gasteiger partial charge < -0.3 is 4.57 Å². The standard InChI is InChI=1S/C18H24N2O/c1-3-5-17(21)13-15-7-9-16(10-8-15)18(6-4-2)20-12-11-19-14-20/h7-12,14,18H,3-6,13H2,1-2H3. The summed E-state index contributed by atoms with van der Waals surface area (Å²) in [5.41, 5.74) is 2.39. The molecule has 1 atom stereocenters. The molecule has 0 saturated heterocycles. The van der Waals surface area contributed by atoms with E-state index in [4.69, 9.17) is 0 Å². The normalized spacial score (nSPS) is 12.3. The Morgan fingerprint density at radius 1 is 1.19 bits per heavy atom. The minimum Gasteiger partial charge on any atom is -0.330 e. The Kier molecular flexibility index (Phi) is 5.73. The molecule has 1 unspecified atom stereocenters. The summed E-state index contributed by atoms with van der Waals surface area (Å²) in [6.45, 7) is 4.24. The maximum absolute atomic E-state index is 11.7. The minimum atomic E-state index is 0.324. The van der Waals surface area contributed by atoms with Gasteiger partial charge in [0.25, 0.3) is 0 Å². The van der Waals surface area contributed by atoms with Crippen molar-refractivity contribution in [1.29, 1.82) is 0 Å². The summed E-state index contributed by atoms with van der Waals surface area (Å²) < 4.78 is 2.15. The Morgan fingerprint density at radius 3 is 2.52 bits per heavy atom. The summed E-state index contributed by atoms with van der Waals surface area (Å²) in [5.74, 6) is 0.324. The van der Waals surface area contributed by atoms with Crippen LogP contribution in [0.3, 0.4) is 0 Å². The van der Waals surface area contributed by atoms with Crippen LogP contribution in [0.2, 0.25) is 0 Å². The predicted molar refractivity (Wildman–Crippen MR) is 85.3 cm³/mol. The fourth-order valence-corrected chi connectivity index (χ4v) is 2.67. The third-order valence-corrected chi connectivity index (χ3v) is 3.74. The average Bonchev–Trinajstić information content (AvgIpc) is 3.00. The van der Waals surface area contributed by atoms with E-state index in [1.165, 1.54) is 5.56 Å². The first-order chi connectivity index (χ1) is 10.2. The monoisotopic (exact) mass is 284 g/mol. The van der Waals surface area contributed by atoms with Crippen molar-refractivity contribution in [3.8, 4) is 0 Å². The zero-order valence-electron chi connectivity index (χ0n) is 13.0. The van der Waals surface area contributed by atoms with Crippen LogP contribution < -0.4 is 0 Å². The number of benzene rings is 1. The highest BCUT2D eigenvalue weighted by molar-refractivity contribution is 5.80. The Hall–Kier alpha value is -1.90. The van der Waals surface area contributed by atoms with Crippen molar-refractivity contribution in [1.82, 2.24) is 9.55 Å². The van der Waals surface area contributed by atoms with Gasteiger partial charge in [-0.2, -0.15) is 0 Å². The second kappa shape index (κ2) is 7.77. The molecule has 112 valence electrons. The number of rotatable bonds is 8. The highest BCUT2D eigenvalue weighted by Crippen LogP contribution is 2.23. The van der Waals surface area contributed by atoms with Crippen molar-refractivity contribution >= 4 is 5.78 Å². The predicted octanol–water partition coefficient (Wildman–Crippen LogP) is 4.18. The van der Waals surface area contributed by atoms with Gasteiger partial charge in [-0.1, -0.05) is 44.5 Å². The zero-order chi connectivity index (χ0) is 15.1. The minimum absolute atomic E-state index is 0.324. The van der Waals surface area contributed by atoms with Crippen LogP contribution in [0, 0.1) is 0 Å². The van der Waals surface area contributed by atoms with E-state index in [0.717, 1.165) is 24.8 Å². The second-order valence-corrected chi connectivity index (χ2v) is 5.52. The first-order valence-corrected chi connectivity index (χ1v) is 7.82. The van der Waals surface area contributed by atoms with E-state index < -0.39 is 0 Å². The van der Waals surface area contributed by atoms with Crippen molar-refractivity contribution in [3.05, 3.63) is 54.1 Å². The summed E-state index contributed by atoms with van der Waals surface area (Å²) in [7, 11) is 0. The highest BCUT2D eigenvalue weighted by Gasteiger charge is 2.12. The first-order valence-electron chi connectivity index (χ1n) is 7.82. The summed E-state index contributed by atoms with van der Waals surface area (Å²) in [4.78, 5) is 15.9. The largest absolute Gasteiger partial charge is 0.330 e. The number of Topliss-reactive ketones (excluding diaryl/α,β-unsaturated/α-hetero) is 1. The molecule has 0 aliphatic carbocycles. The Bertz CT molecular complexity index is 543. The average molecular weight is 284 g/mol. The van der Waals surface area contributed by atoms with Gasteiger partial charge in [-0.05, 0) is 24.0 Å². The molecule has 0 spiro atoms. The molecule has 0 saturated carbocycles. The van der Waals surface area contributed by atoms with Crippen LogP contribution >= 0.6 is 0 Å². The molecule has 0 radical (unpaired) electrons. The molecule has 3 heteroatoms. The van der Waals surface area contributed by atoms with Gasteiger partial charge in [0.05, 0.1) is 12.4 Å². The lowest BCUT2D eigenvalue weighted by atomic mass is 9.98. The molecule has 0 amide bonds. The van der Waals surface area contributed by atoms with Gasteiger partial charge in [0.15, 0.2) is 0 Å². The lowest BCUT2D eigenvalue weighted by molar-refractivity contribution is -0.118. The number of hydrogen-bond donors (Lipinski definition) is 0. The summed E-state index contributed by atoms with van der Waals surface area (Å²) >= 11 is 0. The van der Waals surface area contributed by atoms with E-state index >= 15 is 0 Å². The topological polar surface area (TPSA) is 34.9 Å². The molecule has 1 aromatic carbocycles. The van der Waals surface area contributed by atoms with Crippen molar-refractivity contribution < 1.29 is 4.79 Å². The van der Waals surface area contributed by atoms with E-state index in [9.17, 15) is 4.79 Å². The molecular weight excluding hydrogens is 260 g/mol. The third-order valence-electron chi connectivity index (χ3n) is 3.74. The molecule has 1 aromatic heterocycles. The lowest BCUT2D eigenvalue weighted by Gasteiger charge is -2.18. The quantitative estimate of drug-likeness (QED) is 0.728. The first kappa shape index (κ1) is 15.5. The number of carbonyl (C=O) groups is 1. The fourth-order valence-electron chi connectivity index (χ4n) is 2.67. The van der Waals surface area contributed by atoms with Crippen LogP contribution in [0.15, 0.2) is 43.0 Å². The van der Waals surface area contributed by atoms with Crippen molar-refractivity contribution in [2.24, 2.45) is 0 Å². The molecule has 0 aliphatic rings. The summed E-state index contributed by atoms with van der Waals surface area (Å²) in [6.07, 6.45) is 10.1. The maximum Gasteiger partial charge on any atom is 0.137 e. The van der Waals surface area contributed by atoms with Crippen molar-refractivity contribution in [2.75, 3.05) is 0 Å². The second-order valence-electron chi connectivity index (χ2n) is 5.52. The Labute approximate surface area is 127 Å². The molecule has 0 aliphatic heterocycles. The fraction of sp³-hybridized carbons (Fsp3) is 0.444. The van der Waals surface area contributed by atoms with Gasteiger partial charge in [0.1, 0.15) is 5.78 Å². The summed E-state index contributed by atoms with van der Waals surface area (Å²) in [5, 5.41) is 0. The number of imidazole rings is 1. The van der Waals surface area contributed by atoms with E-state index in [2.05, 4.69) is 40.7 Å². The van der Waals surface area contributed by atoms with Crippen LogP contribution in [-0.2, 0) is 11.2 Å². The van der Waals surface area contributed by atoms with E-state index in [1.807, 2.05) is 25.6 Å². The number of ketones is 1. The summed E-state index contributed by atoms with van der Waals surface area (Å²) in [6, 6.07) is 8.80. The Morgan fingerprint density at radius 2 is 1.95 bits per heavy atom. The van der Waals surface area contributed by atoms with E-state index in [0.29, 0.717) is 24.7 Å². The van der Waals surface area contributed by atoms with Crippen LogP contribution in [0.1, 0.15) is 56.7 Å². The third kappa shape index (κ3) is 4.28. The van der Waals surface area contributed by atoms with Crippen LogP contribution in [0.5, 0.6) is 0 Å². The molecule has 0 bridgehead atoms. The van der Waals surface area contributed by atoms with Crippen LogP contribution in [0.4, 0.5) is 0 Å². The maximum atomic E-state index is 11.7. The Balaban J connectivity index is 2.11. The van der Waals surface area contributed by atoms with Crippen molar-refractivity contribution in [3.63, 3.8) is 0 Å². The SMILES string of the molecule is CCCC(=O)Cc1ccc(C(CCC)n2ccnc2)cc1. The van der Waals surface area contributed by atoms with Gasteiger partial charge in [-0.25, -0.2) is 4.98 Å². The van der Waals surface area contributed by atoms with Gasteiger partial charge in [-0.15, -0.1) is 0 Å². The molecule has 0 fully saturated rings. The number of nitrogens with zero attached hydrogens (tertiary/aromatic N) is 2. The lowest BCUT2D eigenvalue weighted by Crippen LogP contribution is -2.09. The molecule has 21 heavy (non-hydrogen) atoms. The van der Waals surface area contributed by atoms with Crippen LogP contribution in [0.25, 0.3) is 0 Å². The zero-order valence-corrected chi connectivity index (χ0v) is 13.0.